The maximum absolute atomic E-state index is 13.2. The summed E-state index contributed by atoms with van der Waals surface area (Å²) in [6.45, 7) is 11.7. The average Bonchev–Trinajstić information content (AvgIpc) is 3.53. The van der Waals surface area contributed by atoms with E-state index in [1.807, 2.05) is 42.7 Å². The van der Waals surface area contributed by atoms with E-state index in [0.29, 0.717) is 5.92 Å². The van der Waals surface area contributed by atoms with Crippen LogP contribution in [0.15, 0.2) is 30.5 Å². The van der Waals surface area contributed by atoms with E-state index in [4.69, 9.17) is 4.74 Å². The molecule has 0 radical (unpaired) electrons. The summed E-state index contributed by atoms with van der Waals surface area (Å²) >= 11 is 0. The van der Waals surface area contributed by atoms with Crippen LogP contribution in [-0.4, -0.2) is 82.2 Å². The highest BCUT2D eigenvalue weighted by Gasteiger charge is 2.29. The minimum absolute atomic E-state index is 0.149. The van der Waals surface area contributed by atoms with E-state index in [1.54, 1.807) is 0 Å². The van der Waals surface area contributed by atoms with E-state index in [0.717, 1.165) is 81.2 Å². The van der Waals surface area contributed by atoms with Gasteiger partial charge in [-0.1, -0.05) is 12.8 Å². The first kappa shape index (κ1) is 25.1. The van der Waals surface area contributed by atoms with Crippen LogP contribution in [0.25, 0.3) is 10.9 Å². The number of piperazine rings is 1. The Hall–Kier alpha value is -2.54. The predicted molar refractivity (Wildman–Crippen MR) is 142 cm³/mol. The number of piperidine rings is 1. The highest BCUT2D eigenvalue weighted by Crippen LogP contribution is 2.26. The molecule has 2 aliphatic heterocycles. The summed E-state index contributed by atoms with van der Waals surface area (Å²) in [6, 6.07) is 8.97. The normalized spacial score (nSPS) is 22.4. The Bertz CT molecular complexity index is 1070. The van der Waals surface area contributed by atoms with Crippen LogP contribution in [-0.2, 0) is 11.3 Å². The van der Waals surface area contributed by atoms with Crippen LogP contribution >= 0.6 is 0 Å². The molecule has 2 saturated heterocycles. The van der Waals surface area contributed by atoms with Gasteiger partial charge in [-0.25, -0.2) is 4.79 Å². The molecule has 3 aliphatic rings. The highest BCUT2D eigenvalue weighted by molar-refractivity contribution is 5.98. The smallest absolute Gasteiger partial charge is 0.410 e. The Morgan fingerprint density at radius 2 is 1.67 bits per heavy atom. The van der Waals surface area contributed by atoms with Crippen LogP contribution in [0.5, 0.6) is 0 Å². The minimum Gasteiger partial charge on any atom is -0.444 e. The second-order valence-electron chi connectivity index (χ2n) is 11.9. The lowest BCUT2D eigenvalue weighted by Crippen LogP contribution is -2.51. The van der Waals surface area contributed by atoms with E-state index in [2.05, 4.69) is 27.8 Å². The van der Waals surface area contributed by atoms with Gasteiger partial charge in [0.1, 0.15) is 5.60 Å². The molecular formula is C29H42N4O3. The number of hydrogen-bond donors (Lipinski definition) is 0. The van der Waals surface area contributed by atoms with E-state index < -0.39 is 5.60 Å². The van der Waals surface area contributed by atoms with Gasteiger partial charge in [-0.2, -0.15) is 0 Å². The third-order valence-electron chi connectivity index (χ3n) is 8.09. The van der Waals surface area contributed by atoms with Crippen molar-refractivity contribution in [2.45, 2.75) is 77.5 Å². The Balaban J connectivity index is 1.19. The summed E-state index contributed by atoms with van der Waals surface area (Å²) in [5, 5.41) is 1.10. The van der Waals surface area contributed by atoms with Gasteiger partial charge in [0.2, 0.25) is 0 Å². The van der Waals surface area contributed by atoms with E-state index in [1.165, 1.54) is 25.7 Å². The van der Waals surface area contributed by atoms with E-state index >= 15 is 0 Å². The van der Waals surface area contributed by atoms with Crippen molar-refractivity contribution in [1.82, 2.24) is 19.3 Å². The fraction of sp³-hybridized carbons (Fsp3) is 0.655. The molecule has 1 aliphatic carbocycles. The Labute approximate surface area is 215 Å². The Kier molecular flexibility index (Phi) is 7.29. The van der Waals surface area contributed by atoms with Crippen molar-refractivity contribution in [3.05, 3.63) is 36.0 Å². The number of likely N-dealkylation sites (tertiary alicyclic amines) is 1. The van der Waals surface area contributed by atoms with Gasteiger partial charge in [-0.05, 0) is 76.6 Å². The Morgan fingerprint density at radius 3 is 2.39 bits per heavy atom. The summed E-state index contributed by atoms with van der Waals surface area (Å²) in [5.74, 6) is 0.537. The van der Waals surface area contributed by atoms with E-state index in [9.17, 15) is 9.59 Å². The van der Waals surface area contributed by atoms with Crippen LogP contribution < -0.4 is 0 Å². The van der Waals surface area contributed by atoms with Crippen LogP contribution in [0.2, 0.25) is 0 Å². The minimum atomic E-state index is -0.473. The maximum atomic E-state index is 13.2. The summed E-state index contributed by atoms with van der Waals surface area (Å²) < 4.78 is 7.86. The average molecular weight is 495 g/mol. The number of hydrogen-bond acceptors (Lipinski definition) is 4. The molecule has 1 saturated carbocycles. The molecule has 196 valence electrons. The molecule has 0 unspecified atom stereocenters. The SMILES string of the molecule is CC(C)(C)OC(=O)N1CCC[C@@H](Cn2ccc3cc(C(=O)N4CCN(C5CCCC5)CC4)ccc32)C1. The molecule has 0 spiro atoms. The number of carbonyl (C=O) groups is 2. The lowest BCUT2D eigenvalue weighted by Gasteiger charge is -2.38. The fourth-order valence-corrected chi connectivity index (χ4v) is 6.22. The number of ether oxygens (including phenoxy) is 1. The van der Waals surface area contributed by atoms with Crippen LogP contribution in [0, 0.1) is 5.92 Å². The molecule has 7 heteroatoms. The number of benzene rings is 1. The van der Waals surface area contributed by atoms with Crippen LogP contribution in [0.4, 0.5) is 4.79 Å². The van der Waals surface area contributed by atoms with Gasteiger partial charge in [0, 0.05) is 74.5 Å². The number of carbonyl (C=O) groups excluding carboxylic acids is 2. The second kappa shape index (κ2) is 10.4. The molecule has 7 nitrogen and oxygen atoms in total. The van der Waals surface area contributed by atoms with Crippen molar-refractivity contribution >= 4 is 22.9 Å². The summed E-state index contributed by atoms with van der Waals surface area (Å²) in [5.41, 5.74) is 1.45. The van der Waals surface area contributed by atoms with Gasteiger partial charge in [-0.15, -0.1) is 0 Å². The van der Waals surface area contributed by atoms with Gasteiger partial charge in [-0.3, -0.25) is 9.69 Å². The molecule has 36 heavy (non-hydrogen) atoms. The van der Waals surface area contributed by atoms with Crippen LogP contribution in [0.1, 0.15) is 69.7 Å². The Morgan fingerprint density at radius 1 is 0.917 bits per heavy atom. The lowest BCUT2D eigenvalue weighted by molar-refractivity contribution is 0.0157. The van der Waals surface area contributed by atoms with Gasteiger partial charge in [0.25, 0.3) is 5.91 Å². The fourth-order valence-electron chi connectivity index (χ4n) is 6.22. The topological polar surface area (TPSA) is 58.0 Å². The number of rotatable bonds is 4. The third-order valence-corrected chi connectivity index (χ3v) is 8.09. The van der Waals surface area contributed by atoms with Crippen molar-refractivity contribution in [2.75, 3.05) is 39.3 Å². The maximum Gasteiger partial charge on any atom is 0.410 e. The summed E-state index contributed by atoms with van der Waals surface area (Å²) in [6.07, 6.45) is 9.35. The largest absolute Gasteiger partial charge is 0.444 e. The summed E-state index contributed by atoms with van der Waals surface area (Å²) in [4.78, 5) is 32.3. The first-order valence-electron chi connectivity index (χ1n) is 13.9. The molecule has 2 amide bonds. The lowest BCUT2D eigenvalue weighted by atomic mass is 9.98. The first-order chi connectivity index (χ1) is 17.3. The van der Waals surface area contributed by atoms with E-state index in [-0.39, 0.29) is 12.0 Å². The van der Waals surface area contributed by atoms with Crippen molar-refractivity contribution < 1.29 is 14.3 Å². The molecule has 3 heterocycles. The molecule has 1 aromatic heterocycles. The monoisotopic (exact) mass is 494 g/mol. The van der Waals surface area contributed by atoms with Gasteiger partial charge < -0.3 is 19.1 Å². The predicted octanol–water partition coefficient (Wildman–Crippen LogP) is 4.99. The molecule has 0 bridgehead atoms. The standard InChI is InChI=1S/C29H42N4O3/c1-29(2,3)36-28(35)33-13-6-7-22(21-33)20-32-14-12-23-19-24(10-11-26(23)32)27(34)31-17-15-30(16-18-31)25-8-4-5-9-25/h10-12,14,19,22,25H,4-9,13,15-18,20-21H2,1-3H3/t22-/m0/s1. The second-order valence-corrected chi connectivity index (χ2v) is 11.9. The first-order valence-corrected chi connectivity index (χ1v) is 13.9. The highest BCUT2D eigenvalue weighted by atomic mass is 16.6. The third kappa shape index (κ3) is 5.72. The number of fused-ring (bicyclic) bond motifs is 1. The summed E-state index contributed by atoms with van der Waals surface area (Å²) in [7, 11) is 0. The molecule has 1 atom stereocenters. The molecule has 5 rings (SSSR count). The van der Waals surface area contributed by atoms with Crippen molar-refractivity contribution in [3.63, 3.8) is 0 Å². The molecule has 1 aromatic carbocycles. The molecule has 2 aromatic rings. The van der Waals surface area contributed by atoms with Crippen molar-refractivity contribution in [3.8, 4) is 0 Å². The van der Waals surface area contributed by atoms with Gasteiger partial charge >= 0.3 is 6.09 Å². The zero-order chi connectivity index (χ0) is 25.3. The zero-order valence-electron chi connectivity index (χ0n) is 22.2. The number of amides is 2. The number of nitrogens with zero attached hydrogens (tertiary/aromatic N) is 4. The zero-order valence-corrected chi connectivity index (χ0v) is 22.2. The molecular weight excluding hydrogens is 452 g/mol. The number of aromatic nitrogens is 1. The molecule has 0 N–H and O–H groups in total. The quantitative estimate of drug-likeness (QED) is 0.601. The van der Waals surface area contributed by atoms with Crippen LogP contribution in [0.3, 0.4) is 0 Å². The van der Waals surface area contributed by atoms with Gasteiger partial charge in [0.15, 0.2) is 0 Å². The molecule has 3 fully saturated rings. The van der Waals surface area contributed by atoms with Gasteiger partial charge in [0.05, 0.1) is 0 Å². The van der Waals surface area contributed by atoms with Crippen molar-refractivity contribution in [2.24, 2.45) is 5.92 Å². The van der Waals surface area contributed by atoms with Crippen molar-refractivity contribution in [1.29, 1.82) is 0 Å².